The van der Waals surface area contributed by atoms with E-state index >= 15 is 0 Å². The SMILES string of the molecule is Cc1ccc(C(=O)COC(=O)[C@H](NC(=O)Nc2ccccc2)C(C)C)cc1[N+](=O)[O-]. The Labute approximate surface area is 173 Å². The third-order valence-corrected chi connectivity index (χ3v) is 4.31. The molecule has 1 atom stereocenters. The van der Waals surface area contributed by atoms with Gasteiger partial charge in [-0.05, 0) is 25.0 Å². The van der Waals surface area contributed by atoms with Gasteiger partial charge in [-0.25, -0.2) is 9.59 Å². The lowest BCUT2D eigenvalue weighted by Gasteiger charge is -2.21. The lowest BCUT2D eigenvalue weighted by atomic mass is 10.0. The second-order valence-electron chi connectivity index (χ2n) is 6.98. The minimum atomic E-state index is -0.978. The molecule has 9 nitrogen and oxygen atoms in total. The van der Waals surface area contributed by atoms with Crippen LogP contribution < -0.4 is 10.6 Å². The molecular formula is C21H23N3O6. The van der Waals surface area contributed by atoms with Gasteiger partial charge in [0.2, 0.25) is 5.78 Å². The van der Waals surface area contributed by atoms with Crippen LogP contribution in [0.5, 0.6) is 0 Å². The van der Waals surface area contributed by atoms with E-state index in [9.17, 15) is 24.5 Å². The molecule has 158 valence electrons. The second-order valence-corrected chi connectivity index (χ2v) is 6.98. The lowest BCUT2D eigenvalue weighted by Crippen LogP contribution is -2.47. The maximum atomic E-state index is 12.4. The summed E-state index contributed by atoms with van der Waals surface area (Å²) in [5.41, 5.74) is 0.853. The van der Waals surface area contributed by atoms with Crippen molar-refractivity contribution in [2.75, 3.05) is 11.9 Å². The molecule has 0 saturated heterocycles. The first-order valence-electron chi connectivity index (χ1n) is 9.26. The number of ether oxygens (including phenoxy) is 1. The Bertz CT molecular complexity index is 943. The molecule has 0 fully saturated rings. The van der Waals surface area contributed by atoms with Gasteiger partial charge in [0.15, 0.2) is 6.61 Å². The number of benzene rings is 2. The van der Waals surface area contributed by atoms with Gasteiger partial charge >= 0.3 is 12.0 Å². The number of nitrogens with one attached hydrogen (secondary N) is 2. The number of nitro groups is 1. The molecule has 0 radical (unpaired) electrons. The highest BCUT2D eigenvalue weighted by Crippen LogP contribution is 2.19. The van der Waals surface area contributed by atoms with Gasteiger partial charge in [0.05, 0.1) is 4.92 Å². The Hall–Kier alpha value is -3.75. The molecule has 0 aromatic heterocycles. The van der Waals surface area contributed by atoms with E-state index in [0.717, 1.165) is 6.07 Å². The summed E-state index contributed by atoms with van der Waals surface area (Å²) in [5, 5.41) is 16.2. The Morgan fingerprint density at radius 1 is 1.10 bits per heavy atom. The Morgan fingerprint density at radius 2 is 1.77 bits per heavy atom. The average molecular weight is 413 g/mol. The fourth-order valence-corrected chi connectivity index (χ4v) is 2.62. The number of aryl methyl sites for hydroxylation is 1. The van der Waals surface area contributed by atoms with E-state index in [-0.39, 0.29) is 17.2 Å². The fourth-order valence-electron chi connectivity index (χ4n) is 2.62. The molecule has 0 unspecified atom stereocenters. The van der Waals surface area contributed by atoms with Crippen LogP contribution in [-0.2, 0) is 9.53 Å². The van der Waals surface area contributed by atoms with Gasteiger partial charge in [-0.15, -0.1) is 0 Å². The number of anilines is 1. The van der Waals surface area contributed by atoms with Gasteiger partial charge in [0.1, 0.15) is 6.04 Å². The van der Waals surface area contributed by atoms with Crippen LogP contribution in [0.25, 0.3) is 0 Å². The number of ketones is 1. The van der Waals surface area contributed by atoms with Gasteiger partial charge < -0.3 is 15.4 Å². The number of hydrogen-bond acceptors (Lipinski definition) is 6. The Balaban J connectivity index is 1.98. The van der Waals surface area contributed by atoms with E-state index in [1.54, 1.807) is 51.1 Å². The molecule has 0 aliphatic rings. The number of rotatable bonds is 8. The third-order valence-electron chi connectivity index (χ3n) is 4.31. The van der Waals surface area contributed by atoms with Gasteiger partial charge in [-0.3, -0.25) is 14.9 Å². The van der Waals surface area contributed by atoms with Crippen LogP contribution in [0.2, 0.25) is 0 Å². The quantitative estimate of drug-likeness (QED) is 0.295. The van der Waals surface area contributed by atoms with Crippen LogP contribution in [0.15, 0.2) is 48.5 Å². The van der Waals surface area contributed by atoms with E-state index < -0.39 is 35.4 Å². The molecule has 2 amide bonds. The summed E-state index contributed by atoms with van der Waals surface area (Å²) in [5.74, 6) is -1.65. The zero-order chi connectivity index (χ0) is 22.3. The standard InChI is InChI=1S/C21H23N3O6/c1-13(2)19(23-21(27)22-16-7-5-4-6-8-16)20(26)30-12-18(25)15-10-9-14(3)17(11-15)24(28)29/h4-11,13,19H,12H2,1-3H3,(H2,22,23,27)/t19-/m1/s1. The maximum Gasteiger partial charge on any atom is 0.329 e. The van der Waals surface area contributed by atoms with Crippen molar-refractivity contribution in [1.29, 1.82) is 0 Å². The molecule has 30 heavy (non-hydrogen) atoms. The number of amides is 2. The maximum absolute atomic E-state index is 12.4. The number of esters is 1. The van der Waals surface area contributed by atoms with Crippen LogP contribution in [0.4, 0.5) is 16.2 Å². The highest BCUT2D eigenvalue weighted by molar-refractivity contribution is 5.99. The van der Waals surface area contributed by atoms with Crippen molar-refractivity contribution in [3.63, 3.8) is 0 Å². The van der Waals surface area contributed by atoms with E-state index in [2.05, 4.69) is 10.6 Å². The number of carbonyl (C=O) groups excluding carboxylic acids is 3. The molecule has 0 heterocycles. The monoisotopic (exact) mass is 413 g/mol. The van der Waals surface area contributed by atoms with Crippen molar-refractivity contribution < 1.29 is 24.0 Å². The van der Waals surface area contributed by atoms with Crippen LogP contribution >= 0.6 is 0 Å². The largest absolute Gasteiger partial charge is 0.456 e. The molecule has 2 aromatic rings. The summed E-state index contributed by atoms with van der Waals surface area (Å²) in [7, 11) is 0. The molecule has 0 aliphatic heterocycles. The van der Waals surface area contributed by atoms with Crippen molar-refractivity contribution in [3.8, 4) is 0 Å². The molecule has 0 spiro atoms. The molecule has 2 rings (SSSR count). The van der Waals surface area contributed by atoms with Crippen LogP contribution in [0.3, 0.4) is 0 Å². The van der Waals surface area contributed by atoms with Gasteiger partial charge in [-0.1, -0.05) is 44.2 Å². The number of carbonyl (C=O) groups is 3. The second kappa shape index (κ2) is 10.1. The number of nitrogens with zero attached hydrogens (tertiary/aromatic N) is 1. The molecule has 2 N–H and O–H groups in total. The van der Waals surface area contributed by atoms with Crippen molar-refractivity contribution in [2.45, 2.75) is 26.8 Å². The zero-order valence-electron chi connectivity index (χ0n) is 16.9. The van der Waals surface area contributed by atoms with Crippen molar-refractivity contribution in [2.24, 2.45) is 5.92 Å². The fraction of sp³-hybridized carbons (Fsp3) is 0.286. The summed E-state index contributed by atoms with van der Waals surface area (Å²) < 4.78 is 5.06. The van der Waals surface area contributed by atoms with E-state index in [4.69, 9.17) is 4.74 Å². The van der Waals surface area contributed by atoms with E-state index in [1.807, 2.05) is 0 Å². The van der Waals surface area contributed by atoms with Crippen LogP contribution in [0.1, 0.15) is 29.8 Å². The van der Waals surface area contributed by atoms with Crippen LogP contribution in [0, 0.1) is 23.0 Å². The average Bonchev–Trinajstić information content (AvgIpc) is 2.70. The smallest absolute Gasteiger partial charge is 0.329 e. The van der Waals surface area contributed by atoms with Crippen molar-refractivity contribution in [1.82, 2.24) is 5.32 Å². The first-order chi connectivity index (χ1) is 14.2. The number of nitro benzene ring substituents is 1. The number of hydrogen-bond donors (Lipinski definition) is 2. The predicted molar refractivity (Wildman–Crippen MR) is 110 cm³/mol. The summed E-state index contributed by atoms with van der Waals surface area (Å²) in [6.45, 7) is 4.41. The van der Waals surface area contributed by atoms with E-state index in [1.165, 1.54) is 12.1 Å². The number of urea groups is 1. The normalized spacial score (nSPS) is 11.5. The summed E-state index contributed by atoms with van der Waals surface area (Å²) in [6.07, 6.45) is 0. The highest BCUT2D eigenvalue weighted by atomic mass is 16.6. The summed E-state index contributed by atoms with van der Waals surface area (Å²) in [4.78, 5) is 47.3. The first-order valence-corrected chi connectivity index (χ1v) is 9.26. The Morgan fingerprint density at radius 3 is 2.37 bits per heavy atom. The van der Waals surface area contributed by atoms with Crippen molar-refractivity contribution in [3.05, 3.63) is 69.8 Å². The first kappa shape index (κ1) is 22.5. The van der Waals surface area contributed by atoms with Crippen molar-refractivity contribution >= 4 is 29.2 Å². The number of Topliss-reactive ketones (excluding diaryl/α,β-unsaturated/α-hetero) is 1. The van der Waals surface area contributed by atoms with Gasteiger partial charge in [0.25, 0.3) is 5.69 Å². The Kier molecular flexibility index (Phi) is 7.62. The third kappa shape index (κ3) is 6.13. The molecule has 2 aromatic carbocycles. The molecule has 9 heteroatoms. The van der Waals surface area contributed by atoms with Gasteiger partial charge in [-0.2, -0.15) is 0 Å². The molecule has 0 aliphatic carbocycles. The predicted octanol–water partition coefficient (Wildman–Crippen LogP) is 3.48. The lowest BCUT2D eigenvalue weighted by molar-refractivity contribution is -0.385. The minimum absolute atomic E-state index is 0.0657. The topological polar surface area (TPSA) is 128 Å². The summed E-state index contributed by atoms with van der Waals surface area (Å²) >= 11 is 0. The molecule has 0 saturated carbocycles. The van der Waals surface area contributed by atoms with E-state index in [0.29, 0.717) is 11.3 Å². The van der Waals surface area contributed by atoms with Gasteiger partial charge in [0, 0.05) is 22.9 Å². The highest BCUT2D eigenvalue weighted by Gasteiger charge is 2.27. The zero-order valence-corrected chi connectivity index (χ0v) is 16.9. The molecular weight excluding hydrogens is 390 g/mol. The van der Waals surface area contributed by atoms with Crippen LogP contribution in [-0.4, -0.2) is 35.4 Å². The molecule has 0 bridgehead atoms. The number of para-hydroxylation sites is 1. The minimum Gasteiger partial charge on any atom is -0.456 e. The summed E-state index contributed by atoms with van der Waals surface area (Å²) in [6, 6.07) is 11.2.